The minimum absolute atomic E-state index is 0.543. The standard InChI is InChI=1S/C50H31N5/c1-2-12-38-37(11-1)39-13-3-6-16-43(39)50(44-17-7-4-14-40(44)41-15-5-8-18-45(41)50)46-24-23-35(30-42(38)46)48-53-47(54-49(55-48)36-10-9-27-52-31-36)34-21-19-32(20-22-34)33-25-28-51-29-26-33/h1-31H. The molecule has 1 spiro atoms. The van der Waals surface area contributed by atoms with E-state index in [1.54, 1.807) is 12.4 Å². The molecule has 5 nitrogen and oxygen atoms in total. The van der Waals surface area contributed by atoms with Crippen molar-refractivity contribution in [3.8, 4) is 78.7 Å². The molecule has 0 atom stereocenters. The van der Waals surface area contributed by atoms with Crippen molar-refractivity contribution >= 4 is 0 Å². The molecule has 2 aliphatic rings. The highest BCUT2D eigenvalue weighted by molar-refractivity contribution is 5.98. The molecule has 0 radical (unpaired) electrons. The maximum atomic E-state index is 5.18. The van der Waals surface area contributed by atoms with Gasteiger partial charge in [-0.15, -0.1) is 0 Å². The minimum atomic E-state index is -0.543. The Morgan fingerprint density at radius 3 is 1.35 bits per heavy atom. The molecule has 11 rings (SSSR count). The SMILES string of the molecule is c1cncc(-c2nc(-c3ccc(-c4ccncc4)cc3)nc(-c3ccc4c(c3)-c3ccccc3-c3ccccc3C43c4ccccc4-c4ccccc43)n2)c1. The van der Waals surface area contributed by atoms with Gasteiger partial charge in [0, 0.05) is 41.5 Å². The molecule has 3 heterocycles. The zero-order valence-electron chi connectivity index (χ0n) is 29.6. The summed E-state index contributed by atoms with van der Waals surface area (Å²) in [6.45, 7) is 0. The highest BCUT2D eigenvalue weighted by atomic mass is 15.0. The summed E-state index contributed by atoms with van der Waals surface area (Å²) in [5.74, 6) is 1.78. The molecule has 0 unspecified atom stereocenters. The van der Waals surface area contributed by atoms with E-state index in [-0.39, 0.29) is 0 Å². The molecule has 0 aliphatic heterocycles. The quantitative estimate of drug-likeness (QED) is 0.183. The van der Waals surface area contributed by atoms with Gasteiger partial charge >= 0.3 is 0 Å². The Bertz CT molecular complexity index is 2880. The van der Waals surface area contributed by atoms with Crippen LogP contribution in [0.5, 0.6) is 0 Å². The number of benzene rings is 6. The maximum Gasteiger partial charge on any atom is 0.165 e. The van der Waals surface area contributed by atoms with Gasteiger partial charge in [0.15, 0.2) is 17.5 Å². The van der Waals surface area contributed by atoms with E-state index < -0.39 is 5.41 Å². The van der Waals surface area contributed by atoms with Gasteiger partial charge in [-0.25, -0.2) is 15.0 Å². The Kier molecular flexibility index (Phi) is 7.01. The first kappa shape index (κ1) is 31.2. The van der Waals surface area contributed by atoms with Crippen LogP contribution >= 0.6 is 0 Å². The molecule has 0 saturated heterocycles. The largest absolute Gasteiger partial charge is 0.265 e. The summed E-state index contributed by atoms with van der Waals surface area (Å²) >= 11 is 0. The van der Waals surface area contributed by atoms with Crippen LogP contribution in [0, 0.1) is 0 Å². The van der Waals surface area contributed by atoms with Gasteiger partial charge in [-0.1, -0.05) is 133 Å². The van der Waals surface area contributed by atoms with Crippen LogP contribution in [0.3, 0.4) is 0 Å². The molecule has 55 heavy (non-hydrogen) atoms. The third-order valence-corrected chi connectivity index (χ3v) is 11.2. The molecule has 3 aromatic heterocycles. The van der Waals surface area contributed by atoms with E-state index in [4.69, 9.17) is 15.0 Å². The first-order valence-electron chi connectivity index (χ1n) is 18.5. The normalized spacial score (nSPS) is 12.9. The Morgan fingerprint density at radius 1 is 0.291 bits per heavy atom. The Hall–Kier alpha value is -7.37. The fourth-order valence-electron chi connectivity index (χ4n) is 8.81. The fraction of sp³-hybridized carbons (Fsp3) is 0.0200. The molecule has 5 heteroatoms. The fourth-order valence-corrected chi connectivity index (χ4v) is 8.81. The van der Waals surface area contributed by atoms with E-state index in [0.29, 0.717) is 17.5 Å². The summed E-state index contributed by atoms with van der Waals surface area (Å²) in [6, 6.07) is 58.7. The van der Waals surface area contributed by atoms with E-state index in [1.807, 2.05) is 36.7 Å². The third kappa shape index (κ3) is 4.76. The molecular weight excluding hydrogens is 671 g/mol. The maximum absolute atomic E-state index is 5.18. The van der Waals surface area contributed by atoms with Crippen molar-refractivity contribution in [1.82, 2.24) is 24.9 Å². The summed E-state index contributed by atoms with van der Waals surface area (Å²) in [5.41, 5.74) is 16.7. The lowest BCUT2D eigenvalue weighted by Gasteiger charge is -2.35. The van der Waals surface area contributed by atoms with Crippen LogP contribution in [-0.2, 0) is 5.41 Å². The van der Waals surface area contributed by atoms with Crippen molar-refractivity contribution in [2.75, 3.05) is 0 Å². The van der Waals surface area contributed by atoms with Crippen LogP contribution in [-0.4, -0.2) is 24.9 Å². The lowest BCUT2D eigenvalue weighted by atomic mass is 9.66. The van der Waals surface area contributed by atoms with Gasteiger partial charge in [0.25, 0.3) is 0 Å². The van der Waals surface area contributed by atoms with Crippen LogP contribution in [0.2, 0.25) is 0 Å². The van der Waals surface area contributed by atoms with Crippen molar-refractivity contribution in [3.05, 3.63) is 211 Å². The number of hydrogen-bond acceptors (Lipinski definition) is 5. The Morgan fingerprint density at radius 2 is 0.745 bits per heavy atom. The van der Waals surface area contributed by atoms with E-state index in [2.05, 4.69) is 149 Å². The smallest absolute Gasteiger partial charge is 0.165 e. The summed E-state index contributed by atoms with van der Waals surface area (Å²) in [4.78, 5) is 23.9. The minimum Gasteiger partial charge on any atom is -0.265 e. The number of pyridine rings is 2. The van der Waals surface area contributed by atoms with Crippen molar-refractivity contribution < 1.29 is 0 Å². The first-order chi connectivity index (χ1) is 27.3. The molecule has 6 aromatic carbocycles. The van der Waals surface area contributed by atoms with Crippen LogP contribution in [0.4, 0.5) is 0 Å². The second kappa shape index (κ2) is 12.4. The second-order valence-corrected chi connectivity index (χ2v) is 14.1. The average molecular weight is 702 g/mol. The van der Waals surface area contributed by atoms with Gasteiger partial charge in [0.1, 0.15) is 0 Å². The number of aromatic nitrogens is 5. The lowest BCUT2D eigenvalue weighted by molar-refractivity contribution is 0.775. The summed E-state index contributed by atoms with van der Waals surface area (Å²) < 4.78 is 0. The Labute approximate surface area is 318 Å². The zero-order valence-corrected chi connectivity index (χ0v) is 29.6. The van der Waals surface area contributed by atoms with E-state index in [0.717, 1.165) is 33.4 Å². The van der Waals surface area contributed by atoms with Gasteiger partial charge in [0.2, 0.25) is 0 Å². The molecule has 0 saturated carbocycles. The third-order valence-electron chi connectivity index (χ3n) is 11.2. The highest BCUT2D eigenvalue weighted by Crippen LogP contribution is 2.61. The van der Waals surface area contributed by atoms with E-state index in [9.17, 15) is 0 Å². The summed E-state index contributed by atoms with van der Waals surface area (Å²) in [5, 5.41) is 0. The van der Waals surface area contributed by atoms with Gasteiger partial charge in [-0.2, -0.15) is 0 Å². The van der Waals surface area contributed by atoms with Crippen LogP contribution < -0.4 is 0 Å². The predicted molar refractivity (Wildman–Crippen MR) is 219 cm³/mol. The number of hydrogen-bond donors (Lipinski definition) is 0. The lowest BCUT2D eigenvalue weighted by Crippen LogP contribution is -2.29. The number of rotatable bonds is 4. The highest BCUT2D eigenvalue weighted by Gasteiger charge is 2.49. The van der Waals surface area contributed by atoms with Crippen molar-refractivity contribution in [3.63, 3.8) is 0 Å². The molecule has 2 aliphatic carbocycles. The molecule has 0 amide bonds. The summed E-state index contributed by atoms with van der Waals surface area (Å²) in [6.07, 6.45) is 7.19. The summed E-state index contributed by atoms with van der Waals surface area (Å²) in [7, 11) is 0. The second-order valence-electron chi connectivity index (χ2n) is 14.1. The first-order valence-corrected chi connectivity index (χ1v) is 18.5. The van der Waals surface area contributed by atoms with Gasteiger partial charge in [-0.3, -0.25) is 9.97 Å². The van der Waals surface area contributed by atoms with Gasteiger partial charge < -0.3 is 0 Å². The predicted octanol–water partition coefficient (Wildman–Crippen LogP) is 11.3. The Balaban J connectivity index is 1.16. The molecule has 0 fully saturated rings. The van der Waals surface area contributed by atoms with Gasteiger partial charge in [-0.05, 0) is 97.1 Å². The van der Waals surface area contributed by atoms with Gasteiger partial charge in [0.05, 0.1) is 5.41 Å². The average Bonchev–Trinajstić information content (AvgIpc) is 3.52. The van der Waals surface area contributed by atoms with Crippen LogP contribution in [0.15, 0.2) is 189 Å². The van der Waals surface area contributed by atoms with E-state index in [1.165, 1.54) is 50.1 Å². The molecule has 0 N–H and O–H groups in total. The molecule has 0 bridgehead atoms. The monoisotopic (exact) mass is 701 g/mol. The molecule has 9 aromatic rings. The molecule has 256 valence electrons. The van der Waals surface area contributed by atoms with Crippen molar-refractivity contribution in [1.29, 1.82) is 0 Å². The number of fused-ring (bicyclic) bond motifs is 12. The van der Waals surface area contributed by atoms with Crippen LogP contribution in [0.25, 0.3) is 78.7 Å². The van der Waals surface area contributed by atoms with Crippen molar-refractivity contribution in [2.45, 2.75) is 5.41 Å². The topological polar surface area (TPSA) is 64.5 Å². The van der Waals surface area contributed by atoms with Crippen LogP contribution in [0.1, 0.15) is 22.3 Å². The van der Waals surface area contributed by atoms with E-state index >= 15 is 0 Å². The molecular formula is C50H31N5. The van der Waals surface area contributed by atoms with Crippen molar-refractivity contribution in [2.24, 2.45) is 0 Å². The zero-order chi connectivity index (χ0) is 36.3. The number of nitrogens with zero attached hydrogens (tertiary/aromatic N) is 5.